The van der Waals surface area contributed by atoms with Crippen LogP contribution in [0.5, 0.6) is 11.5 Å². The van der Waals surface area contributed by atoms with Crippen LogP contribution in [0.15, 0.2) is 60.8 Å². The van der Waals surface area contributed by atoms with Gasteiger partial charge in [-0.15, -0.1) is 0 Å². The van der Waals surface area contributed by atoms with Gasteiger partial charge in [0.15, 0.2) is 5.82 Å². The number of hydrogen-bond donors (Lipinski definition) is 3. The number of aryl methyl sites for hydroxylation is 1. The highest BCUT2D eigenvalue weighted by Crippen LogP contribution is 2.40. The van der Waals surface area contributed by atoms with Gasteiger partial charge in [0.25, 0.3) is 5.91 Å². The van der Waals surface area contributed by atoms with Crippen LogP contribution in [-0.2, 0) is 27.1 Å². The maximum absolute atomic E-state index is 13.2. The number of aromatic nitrogens is 2. The van der Waals surface area contributed by atoms with Crippen molar-refractivity contribution in [1.82, 2.24) is 30.0 Å². The largest absolute Gasteiger partial charge is 0.494 e. The van der Waals surface area contributed by atoms with Crippen molar-refractivity contribution in [3.05, 3.63) is 82.5 Å². The maximum atomic E-state index is 13.2. The Morgan fingerprint density at radius 3 is 2.39 bits per heavy atom. The van der Waals surface area contributed by atoms with Gasteiger partial charge in [0.1, 0.15) is 29.7 Å². The molecule has 0 spiro atoms. The van der Waals surface area contributed by atoms with E-state index in [1.54, 1.807) is 37.6 Å². The van der Waals surface area contributed by atoms with Crippen LogP contribution in [0, 0.1) is 0 Å². The number of nitrogens with zero attached hydrogens (tertiary/aromatic N) is 6. The van der Waals surface area contributed by atoms with Crippen molar-refractivity contribution < 1.29 is 28.4 Å². The molecule has 66 heavy (non-hydrogen) atoms. The van der Waals surface area contributed by atoms with Crippen molar-refractivity contribution in [1.29, 1.82) is 0 Å². The Bertz CT molecular complexity index is 2480. The molecule has 17 heteroatoms. The van der Waals surface area contributed by atoms with Gasteiger partial charge in [0, 0.05) is 78.9 Å². The lowest BCUT2D eigenvalue weighted by molar-refractivity contribution is -0.136. The van der Waals surface area contributed by atoms with Crippen LogP contribution in [0.4, 0.5) is 28.8 Å². The highest BCUT2D eigenvalue weighted by molar-refractivity contribution is 7.70. The molecule has 4 aromatic rings. The third-order valence-corrected chi connectivity index (χ3v) is 15.4. The van der Waals surface area contributed by atoms with Crippen molar-refractivity contribution in [2.24, 2.45) is 0 Å². The first-order valence-corrected chi connectivity index (χ1v) is 26.3. The summed E-state index contributed by atoms with van der Waals surface area (Å²) in [6.07, 6.45) is 7.03. The Kier molecular flexibility index (Phi) is 14.6. The van der Waals surface area contributed by atoms with Crippen molar-refractivity contribution in [2.45, 2.75) is 96.4 Å². The molecule has 5 heterocycles. The van der Waals surface area contributed by atoms with Crippen LogP contribution < -0.4 is 35.6 Å². The monoisotopic (exact) mass is 939 g/mol. The summed E-state index contributed by atoms with van der Waals surface area (Å²) in [7, 11) is -0.881. The summed E-state index contributed by atoms with van der Waals surface area (Å²) in [6, 6.07) is 18.0. The summed E-state index contributed by atoms with van der Waals surface area (Å²) in [6.45, 7) is 16.2. The fourth-order valence-electron chi connectivity index (χ4n) is 10.1. The van der Waals surface area contributed by atoms with E-state index in [9.17, 15) is 18.9 Å². The van der Waals surface area contributed by atoms with E-state index in [-0.39, 0.29) is 18.2 Å². The number of amides is 3. The van der Waals surface area contributed by atoms with E-state index in [0.29, 0.717) is 77.2 Å². The molecule has 3 N–H and O–H groups in total. The molecule has 3 amide bonds. The molecule has 3 unspecified atom stereocenters. The number of carbonyl (C=O) groups excluding carboxylic acids is 3. The van der Waals surface area contributed by atoms with Crippen molar-refractivity contribution in [2.75, 3.05) is 75.3 Å². The van der Waals surface area contributed by atoms with Crippen LogP contribution in [0.2, 0.25) is 5.02 Å². The first-order valence-electron chi connectivity index (χ1n) is 23.3. The Morgan fingerprint density at radius 2 is 1.68 bits per heavy atom. The second-order valence-electron chi connectivity index (χ2n) is 18.4. The number of piperidine rings is 2. The predicted molar refractivity (Wildman–Crippen MR) is 261 cm³/mol. The molecule has 1 aromatic heterocycles. The Labute approximate surface area is 393 Å². The molecule has 0 saturated carbocycles. The fraction of sp³-hybridized carbons (Fsp3) is 0.490. The number of anilines is 5. The summed E-state index contributed by atoms with van der Waals surface area (Å²) in [5, 5.41) is 10.1. The molecule has 352 valence electrons. The quantitative estimate of drug-likeness (QED) is 0.0579. The zero-order valence-electron chi connectivity index (χ0n) is 38.9. The molecule has 0 aliphatic carbocycles. The van der Waals surface area contributed by atoms with E-state index in [1.807, 2.05) is 36.4 Å². The van der Waals surface area contributed by atoms with Crippen LogP contribution in [0.1, 0.15) is 80.8 Å². The van der Waals surface area contributed by atoms with Gasteiger partial charge < -0.3 is 34.5 Å². The average Bonchev–Trinajstić information content (AvgIpc) is 3.63. The van der Waals surface area contributed by atoms with E-state index in [1.165, 1.54) is 11.3 Å². The van der Waals surface area contributed by atoms with Gasteiger partial charge >= 0.3 is 0 Å². The lowest BCUT2D eigenvalue weighted by Crippen LogP contribution is -2.60. The number of carbonyl (C=O) groups is 3. The van der Waals surface area contributed by atoms with Crippen LogP contribution in [0.3, 0.4) is 0 Å². The molecule has 0 bridgehead atoms. The Hall–Kier alpha value is -5.21. The van der Waals surface area contributed by atoms with Gasteiger partial charge in [-0.3, -0.25) is 29.5 Å². The van der Waals surface area contributed by atoms with Crippen LogP contribution >= 0.6 is 18.7 Å². The number of ether oxygens (including phenoxy) is 2. The minimum absolute atomic E-state index is 0.189. The number of hydrogen-bond acceptors (Lipinski definition) is 13. The Balaban J connectivity index is 0.817. The van der Waals surface area contributed by atoms with Gasteiger partial charge in [0.2, 0.25) is 17.8 Å². The maximum Gasteiger partial charge on any atom is 0.255 e. The minimum Gasteiger partial charge on any atom is -0.494 e. The fourth-order valence-corrected chi connectivity index (χ4v) is 11.4. The van der Waals surface area contributed by atoms with Crippen molar-refractivity contribution >= 4 is 70.6 Å². The number of nitrogens with one attached hydrogen (secondary N) is 3. The van der Waals surface area contributed by atoms with Gasteiger partial charge in [-0.1, -0.05) is 36.7 Å². The smallest absolute Gasteiger partial charge is 0.255 e. The molecule has 8 rings (SSSR count). The molecule has 0 radical (unpaired) electrons. The number of imide groups is 1. The SMILES string of the molecule is CCc1cc(Nc2ncc(Cl)c(Nc3ccccc3P(C)(C)=O)n2)c(OC)cc1N1CCC(N2CC(C)N(CCCCOc3cccc4c3CN(C3CCC(=O)NC3=O)C4=O)C(C)C2)CC1. The molecule has 3 saturated heterocycles. The first kappa shape index (κ1) is 47.3. The average molecular weight is 941 g/mol. The second-order valence-corrected chi connectivity index (χ2v) is 22.0. The number of piperazine rings is 1. The number of rotatable bonds is 16. The number of unbranched alkanes of at least 4 members (excludes halogenated alkanes) is 1. The lowest BCUT2D eigenvalue weighted by Gasteiger charge is -2.49. The number of para-hydroxylation sites is 1. The molecule has 4 aliphatic rings. The third kappa shape index (κ3) is 10.3. The minimum atomic E-state index is -2.56. The summed E-state index contributed by atoms with van der Waals surface area (Å²) in [5.74, 6) is 1.26. The molecule has 4 aliphatic heterocycles. The molecule has 15 nitrogen and oxygen atoms in total. The highest BCUT2D eigenvalue weighted by atomic mass is 35.5. The van der Waals surface area contributed by atoms with E-state index < -0.39 is 19.1 Å². The number of fused-ring (bicyclic) bond motifs is 1. The summed E-state index contributed by atoms with van der Waals surface area (Å²) in [5.41, 5.74) is 5.23. The molecule has 3 fully saturated rings. The number of methoxy groups -OCH3 is 1. The van der Waals surface area contributed by atoms with Crippen LogP contribution in [-0.4, -0.2) is 126 Å². The molecule has 3 aromatic carbocycles. The van der Waals surface area contributed by atoms with Gasteiger partial charge in [-0.2, -0.15) is 4.98 Å². The zero-order valence-corrected chi connectivity index (χ0v) is 40.6. The Morgan fingerprint density at radius 1 is 0.924 bits per heavy atom. The standard InChI is InChI=1S/C49H63ClN9O6P/c1-7-33-25-39(53-49-51-27-37(50)46(55-49)52-38-14-8-9-16-44(38)66(5,6)63)43(64-4)26-41(33)56-22-19-34(20-23-56)57-28-31(2)58(32(3)29-57)21-10-11-24-65-42-15-12-13-35-36(42)30-59(48(35)62)40-17-18-45(60)54-47(40)61/h8-9,12-16,25-27,31-32,34,40H,7,10-11,17-24,28-30H2,1-6H3,(H,54,60,61)(H2,51,52,53,55). The zero-order chi connectivity index (χ0) is 46.7. The van der Waals surface area contributed by atoms with Crippen molar-refractivity contribution in [3.63, 3.8) is 0 Å². The predicted octanol–water partition coefficient (Wildman–Crippen LogP) is 7.42. The summed E-state index contributed by atoms with van der Waals surface area (Å²) >= 11 is 6.55. The molecular formula is C49H63ClN9O6P. The van der Waals surface area contributed by atoms with Crippen LogP contribution in [0.25, 0.3) is 0 Å². The van der Waals surface area contributed by atoms with E-state index in [4.69, 9.17) is 26.1 Å². The lowest BCUT2D eigenvalue weighted by atomic mass is 9.97. The summed E-state index contributed by atoms with van der Waals surface area (Å²) < 4.78 is 25.2. The van der Waals surface area contributed by atoms with E-state index in [2.05, 4.69) is 68.5 Å². The van der Waals surface area contributed by atoms with Gasteiger partial charge in [0.05, 0.1) is 37.8 Å². The number of halogens is 1. The highest BCUT2D eigenvalue weighted by Gasteiger charge is 2.40. The second kappa shape index (κ2) is 20.3. The van der Waals surface area contributed by atoms with E-state index in [0.717, 1.165) is 81.4 Å². The molecule has 3 atom stereocenters. The number of benzene rings is 3. The van der Waals surface area contributed by atoms with Crippen molar-refractivity contribution in [3.8, 4) is 11.5 Å². The van der Waals surface area contributed by atoms with Gasteiger partial charge in [-0.05, 0) is 108 Å². The topological polar surface area (TPSA) is 162 Å². The molecular weight excluding hydrogens is 877 g/mol. The normalized spacial score (nSPS) is 20.9. The summed E-state index contributed by atoms with van der Waals surface area (Å²) in [4.78, 5) is 56.0. The first-order chi connectivity index (χ1) is 31.7. The van der Waals surface area contributed by atoms with E-state index >= 15 is 0 Å². The van der Waals surface area contributed by atoms with Gasteiger partial charge in [-0.25, -0.2) is 4.98 Å². The third-order valence-electron chi connectivity index (χ3n) is 13.6.